The van der Waals surface area contributed by atoms with E-state index in [2.05, 4.69) is 15.5 Å². The highest BCUT2D eigenvalue weighted by Gasteiger charge is 2.52. The van der Waals surface area contributed by atoms with Gasteiger partial charge in [0.05, 0.1) is 17.8 Å². The molecule has 4 unspecified atom stereocenters. The van der Waals surface area contributed by atoms with Crippen LogP contribution in [0.15, 0.2) is 24.4 Å². The molecule has 8 nitrogen and oxygen atoms in total. The van der Waals surface area contributed by atoms with Crippen LogP contribution in [0, 0.1) is 11.3 Å². The lowest BCUT2D eigenvalue weighted by Gasteiger charge is -2.36. The monoisotopic (exact) mass is 411 g/mol. The van der Waals surface area contributed by atoms with Gasteiger partial charge in [0.2, 0.25) is 5.91 Å². The highest BCUT2D eigenvalue weighted by Crippen LogP contribution is 2.43. The van der Waals surface area contributed by atoms with Crippen molar-refractivity contribution in [2.24, 2.45) is 5.92 Å². The molecule has 2 aliphatic rings. The molecule has 160 valence electrons. The first-order chi connectivity index (χ1) is 14.2. The summed E-state index contributed by atoms with van der Waals surface area (Å²) in [4.78, 5) is 27.6. The van der Waals surface area contributed by atoms with Crippen molar-refractivity contribution < 1.29 is 14.3 Å². The maximum atomic E-state index is 13.2. The number of hydrogen-bond acceptors (Lipinski definition) is 5. The standard InChI is InChI=1S/C22H29N5O3/c1-22(2,3)30-21(29)27-17-7-6-14(10-17)19(27)20(28)25-16(11-23)8-13-4-5-15-12-24-26-18(15)9-13/h4-5,9,11-12,14,16-17,19,23H,6-8,10H2,1-3H3,(H,24,26)(H,25,28). The average molecular weight is 412 g/mol. The van der Waals surface area contributed by atoms with Crippen molar-refractivity contribution in [1.82, 2.24) is 20.4 Å². The Morgan fingerprint density at radius 1 is 1.40 bits per heavy atom. The Labute approximate surface area is 175 Å². The van der Waals surface area contributed by atoms with Crippen LogP contribution in [0.25, 0.3) is 10.9 Å². The Bertz CT molecular complexity index is 963. The Hall–Kier alpha value is -2.90. The minimum Gasteiger partial charge on any atom is -0.444 e. The van der Waals surface area contributed by atoms with E-state index in [1.165, 1.54) is 6.21 Å². The van der Waals surface area contributed by atoms with Gasteiger partial charge in [-0.3, -0.25) is 14.8 Å². The van der Waals surface area contributed by atoms with Crippen molar-refractivity contribution in [3.05, 3.63) is 30.0 Å². The summed E-state index contributed by atoms with van der Waals surface area (Å²) >= 11 is 0. The van der Waals surface area contributed by atoms with Crippen LogP contribution in [0.5, 0.6) is 0 Å². The van der Waals surface area contributed by atoms with E-state index in [0.717, 1.165) is 35.7 Å². The van der Waals surface area contributed by atoms with Crippen molar-refractivity contribution in [1.29, 1.82) is 5.41 Å². The molecular weight excluding hydrogens is 382 g/mol. The smallest absolute Gasteiger partial charge is 0.411 e. The second-order valence-electron chi connectivity index (χ2n) is 9.34. The molecule has 8 heteroatoms. The van der Waals surface area contributed by atoms with Gasteiger partial charge < -0.3 is 15.5 Å². The lowest BCUT2D eigenvalue weighted by atomic mass is 9.97. The normalized spacial score (nSPS) is 24.1. The van der Waals surface area contributed by atoms with Crippen LogP contribution in [-0.2, 0) is 16.0 Å². The summed E-state index contributed by atoms with van der Waals surface area (Å²) in [5.41, 5.74) is 1.31. The number of amides is 2. The van der Waals surface area contributed by atoms with Crippen LogP contribution in [0.2, 0.25) is 0 Å². The van der Waals surface area contributed by atoms with Gasteiger partial charge in [-0.25, -0.2) is 4.79 Å². The molecule has 3 N–H and O–H groups in total. The van der Waals surface area contributed by atoms with E-state index in [9.17, 15) is 9.59 Å². The van der Waals surface area contributed by atoms with E-state index in [-0.39, 0.29) is 17.9 Å². The SMILES string of the molecule is CC(C)(C)OC(=O)N1C2CCC(C2)C1C(=O)NC(C=N)Cc1ccc2cn[nH]c2c1. The van der Waals surface area contributed by atoms with Gasteiger partial charge in [-0.1, -0.05) is 12.1 Å². The molecule has 2 fully saturated rings. The van der Waals surface area contributed by atoms with Crippen molar-refractivity contribution in [3.63, 3.8) is 0 Å². The third-order valence-corrected chi connectivity index (χ3v) is 5.95. The van der Waals surface area contributed by atoms with E-state index in [4.69, 9.17) is 10.1 Å². The van der Waals surface area contributed by atoms with Gasteiger partial charge in [-0.05, 0) is 64.0 Å². The highest BCUT2D eigenvalue weighted by molar-refractivity contribution is 5.89. The number of nitrogens with zero attached hydrogens (tertiary/aromatic N) is 2. The number of hydrogen-bond donors (Lipinski definition) is 3. The van der Waals surface area contributed by atoms with Crippen molar-refractivity contribution >= 4 is 29.1 Å². The van der Waals surface area contributed by atoms with Crippen molar-refractivity contribution in [2.75, 3.05) is 0 Å². The predicted octanol–water partition coefficient (Wildman–Crippen LogP) is 3.03. The maximum absolute atomic E-state index is 13.2. The highest BCUT2D eigenvalue weighted by atomic mass is 16.6. The van der Waals surface area contributed by atoms with Gasteiger partial charge in [-0.2, -0.15) is 5.10 Å². The van der Waals surface area contributed by atoms with E-state index in [0.29, 0.717) is 6.42 Å². The fourth-order valence-electron chi connectivity index (χ4n) is 4.69. The molecule has 2 heterocycles. The molecule has 1 aromatic heterocycles. The van der Waals surface area contributed by atoms with Crippen LogP contribution < -0.4 is 5.32 Å². The number of likely N-dealkylation sites (tertiary alicyclic amines) is 1. The number of ether oxygens (including phenoxy) is 1. The molecule has 0 radical (unpaired) electrons. The zero-order valence-electron chi connectivity index (χ0n) is 17.6. The number of benzene rings is 1. The number of aromatic nitrogens is 2. The topological polar surface area (TPSA) is 111 Å². The van der Waals surface area contributed by atoms with Crippen LogP contribution in [0.3, 0.4) is 0 Å². The van der Waals surface area contributed by atoms with E-state index < -0.39 is 23.8 Å². The number of piperidine rings is 1. The third-order valence-electron chi connectivity index (χ3n) is 5.95. The lowest BCUT2D eigenvalue weighted by Crippen LogP contribution is -2.55. The fraction of sp³-hybridized carbons (Fsp3) is 0.545. The first kappa shape index (κ1) is 20.4. The predicted molar refractivity (Wildman–Crippen MR) is 114 cm³/mol. The number of rotatable bonds is 5. The number of carbonyl (C=O) groups excluding carboxylic acids is 2. The molecule has 2 aromatic rings. The zero-order chi connectivity index (χ0) is 21.5. The Morgan fingerprint density at radius 3 is 2.93 bits per heavy atom. The fourth-order valence-corrected chi connectivity index (χ4v) is 4.69. The summed E-state index contributed by atoms with van der Waals surface area (Å²) in [6.45, 7) is 5.49. The van der Waals surface area contributed by atoms with Crippen LogP contribution >= 0.6 is 0 Å². The Kier molecular flexibility index (Phi) is 5.26. The molecule has 1 saturated carbocycles. The molecule has 4 rings (SSSR count). The second kappa shape index (κ2) is 7.74. The van der Waals surface area contributed by atoms with Gasteiger partial charge in [0, 0.05) is 17.6 Å². The molecule has 1 aliphatic heterocycles. The van der Waals surface area contributed by atoms with Crippen LogP contribution in [-0.4, -0.2) is 57.0 Å². The zero-order valence-corrected chi connectivity index (χ0v) is 17.6. The molecule has 1 aromatic carbocycles. The molecule has 2 bridgehead atoms. The number of carbonyl (C=O) groups is 2. The molecule has 4 atom stereocenters. The first-order valence-electron chi connectivity index (χ1n) is 10.5. The first-order valence-corrected chi connectivity index (χ1v) is 10.5. The quantitative estimate of drug-likeness (QED) is 0.657. The second-order valence-corrected chi connectivity index (χ2v) is 9.34. The number of aromatic amines is 1. The molecular formula is C22H29N5O3. The largest absolute Gasteiger partial charge is 0.444 e. The minimum atomic E-state index is -0.608. The number of H-pyrrole nitrogens is 1. The van der Waals surface area contributed by atoms with Crippen molar-refractivity contribution in [2.45, 2.75) is 70.2 Å². The average Bonchev–Trinajstić information content (AvgIpc) is 3.40. The maximum Gasteiger partial charge on any atom is 0.411 e. The minimum absolute atomic E-state index is 0.0572. The van der Waals surface area contributed by atoms with E-state index in [1.54, 1.807) is 11.1 Å². The Balaban J connectivity index is 1.46. The molecule has 1 saturated heterocycles. The summed E-state index contributed by atoms with van der Waals surface area (Å²) in [5.74, 6) is -0.0561. The summed E-state index contributed by atoms with van der Waals surface area (Å²) in [6, 6.07) is 5.01. The van der Waals surface area contributed by atoms with Gasteiger partial charge in [0.15, 0.2) is 0 Å². The number of nitrogens with one attached hydrogen (secondary N) is 3. The summed E-state index contributed by atoms with van der Waals surface area (Å²) in [7, 11) is 0. The van der Waals surface area contributed by atoms with Gasteiger partial charge in [-0.15, -0.1) is 0 Å². The molecule has 2 amide bonds. The lowest BCUT2D eigenvalue weighted by molar-refractivity contribution is -0.128. The van der Waals surface area contributed by atoms with Crippen molar-refractivity contribution in [3.8, 4) is 0 Å². The van der Waals surface area contributed by atoms with Gasteiger partial charge in [0.25, 0.3) is 0 Å². The van der Waals surface area contributed by atoms with Crippen LogP contribution in [0.1, 0.15) is 45.6 Å². The van der Waals surface area contributed by atoms with E-state index in [1.807, 2.05) is 39.0 Å². The summed E-state index contributed by atoms with van der Waals surface area (Å²) in [5, 5.41) is 18.8. The third kappa shape index (κ3) is 4.04. The summed E-state index contributed by atoms with van der Waals surface area (Å²) in [6.07, 6.45) is 5.77. The Morgan fingerprint density at radius 2 is 2.20 bits per heavy atom. The molecule has 0 spiro atoms. The molecule has 1 aliphatic carbocycles. The summed E-state index contributed by atoms with van der Waals surface area (Å²) < 4.78 is 5.57. The number of fused-ring (bicyclic) bond motifs is 3. The molecule has 30 heavy (non-hydrogen) atoms. The van der Waals surface area contributed by atoms with E-state index >= 15 is 0 Å². The van der Waals surface area contributed by atoms with Gasteiger partial charge in [0.1, 0.15) is 11.6 Å². The van der Waals surface area contributed by atoms with Gasteiger partial charge >= 0.3 is 6.09 Å². The van der Waals surface area contributed by atoms with Crippen LogP contribution in [0.4, 0.5) is 4.79 Å².